The number of allylic oxidation sites excluding steroid dienone is 2. The highest BCUT2D eigenvalue weighted by Crippen LogP contribution is 2.43. The summed E-state index contributed by atoms with van der Waals surface area (Å²) >= 11 is 0. The fourth-order valence-corrected chi connectivity index (χ4v) is 3.31. The van der Waals surface area contributed by atoms with Crippen molar-refractivity contribution >= 4 is 23.2 Å². The first kappa shape index (κ1) is 19.5. The van der Waals surface area contributed by atoms with Crippen LogP contribution in [0.25, 0.3) is 17.2 Å². The maximum atomic E-state index is 13.8. The molecule has 0 saturated carbocycles. The van der Waals surface area contributed by atoms with Gasteiger partial charge in [-0.1, -0.05) is 6.07 Å². The summed E-state index contributed by atoms with van der Waals surface area (Å²) in [5, 5.41) is 9.41. The number of benzene rings is 2. The van der Waals surface area contributed by atoms with Crippen LogP contribution in [-0.4, -0.2) is 32.4 Å². The summed E-state index contributed by atoms with van der Waals surface area (Å²) in [7, 11) is 4.60. The number of carboxylic acid groups (broad SMARTS) is 1. The van der Waals surface area contributed by atoms with E-state index in [-0.39, 0.29) is 0 Å². The van der Waals surface area contributed by atoms with Crippen LogP contribution in [0.2, 0.25) is 0 Å². The van der Waals surface area contributed by atoms with Crippen molar-refractivity contribution in [2.45, 2.75) is 6.92 Å². The Morgan fingerprint density at radius 2 is 1.68 bits per heavy atom. The van der Waals surface area contributed by atoms with E-state index < -0.39 is 17.7 Å². The molecule has 1 unspecified atom stereocenters. The molecular formula is C22H21FO5. The smallest absolute Gasteiger partial charge is 0.310 e. The summed E-state index contributed by atoms with van der Waals surface area (Å²) in [5.74, 6) is -0.627. The van der Waals surface area contributed by atoms with Crippen molar-refractivity contribution in [3.05, 3.63) is 58.9 Å². The molecule has 0 spiro atoms. The number of carbonyl (C=O) groups is 1. The van der Waals surface area contributed by atoms with Crippen LogP contribution in [0.3, 0.4) is 0 Å². The molecule has 0 saturated heterocycles. The molecule has 2 aromatic carbocycles. The average Bonchev–Trinajstić information content (AvgIpc) is 3.03. The van der Waals surface area contributed by atoms with Gasteiger partial charge in [0.05, 0.1) is 27.2 Å². The van der Waals surface area contributed by atoms with Crippen LogP contribution < -0.4 is 14.2 Å². The number of fused-ring (bicyclic) bond motifs is 1. The van der Waals surface area contributed by atoms with Gasteiger partial charge in [-0.25, -0.2) is 4.39 Å². The minimum Gasteiger partial charge on any atom is -0.493 e. The monoisotopic (exact) mass is 384 g/mol. The zero-order valence-electron chi connectivity index (χ0n) is 16.1. The molecule has 3 rings (SSSR count). The summed E-state index contributed by atoms with van der Waals surface area (Å²) in [6.07, 6.45) is 3.66. The van der Waals surface area contributed by atoms with Gasteiger partial charge in [-0.05, 0) is 71.2 Å². The number of ether oxygens (including phenoxy) is 3. The third kappa shape index (κ3) is 3.45. The lowest BCUT2D eigenvalue weighted by Gasteiger charge is -2.13. The Morgan fingerprint density at radius 3 is 2.21 bits per heavy atom. The lowest BCUT2D eigenvalue weighted by Crippen LogP contribution is -2.10. The van der Waals surface area contributed by atoms with E-state index in [0.717, 1.165) is 16.7 Å². The third-order valence-electron chi connectivity index (χ3n) is 4.76. The van der Waals surface area contributed by atoms with Crippen molar-refractivity contribution in [1.29, 1.82) is 0 Å². The van der Waals surface area contributed by atoms with Crippen molar-refractivity contribution in [3.8, 4) is 17.2 Å². The lowest BCUT2D eigenvalue weighted by atomic mass is 9.95. The van der Waals surface area contributed by atoms with E-state index in [1.54, 1.807) is 31.2 Å². The van der Waals surface area contributed by atoms with Gasteiger partial charge in [0.2, 0.25) is 5.75 Å². The summed E-state index contributed by atoms with van der Waals surface area (Å²) < 4.78 is 29.9. The van der Waals surface area contributed by atoms with Gasteiger partial charge >= 0.3 is 5.97 Å². The SMILES string of the molecule is COc1cc(/C=C2\C=C(C(C)C(=O)O)c3cc(F)ccc32)cc(OC)c1OC. The van der Waals surface area contributed by atoms with Gasteiger partial charge in [-0.15, -0.1) is 0 Å². The molecule has 0 heterocycles. The van der Waals surface area contributed by atoms with Crippen molar-refractivity contribution in [2.75, 3.05) is 21.3 Å². The Bertz CT molecular complexity index is 965. The first-order valence-corrected chi connectivity index (χ1v) is 8.66. The molecule has 0 bridgehead atoms. The average molecular weight is 384 g/mol. The Hall–Kier alpha value is -3.28. The molecule has 146 valence electrons. The van der Waals surface area contributed by atoms with E-state index in [2.05, 4.69) is 0 Å². The largest absolute Gasteiger partial charge is 0.493 e. The van der Waals surface area contributed by atoms with Crippen molar-refractivity contribution in [3.63, 3.8) is 0 Å². The second-order valence-corrected chi connectivity index (χ2v) is 6.41. The van der Waals surface area contributed by atoms with Gasteiger partial charge < -0.3 is 19.3 Å². The second kappa shape index (κ2) is 7.76. The number of carboxylic acids is 1. The topological polar surface area (TPSA) is 65.0 Å². The second-order valence-electron chi connectivity index (χ2n) is 6.41. The highest BCUT2D eigenvalue weighted by Gasteiger charge is 2.27. The van der Waals surface area contributed by atoms with E-state index in [0.29, 0.717) is 28.4 Å². The molecule has 0 amide bonds. The molecule has 6 heteroatoms. The van der Waals surface area contributed by atoms with Gasteiger partial charge in [0, 0.05) is 0 Å². The normalized spacial score (nSPS) is 15.0. The highest BCUT2D eigenvalue weighted by atomic mass is 19.1. The summed E-state index contributed by atoms with van der Waals surface area (Å²) in [6.45, 7) is 1.59. The lowest BCUT2D eigenvalue weighted by molar-refractivity contribution is -0.139. The predicted octanol–water partition coefficient (Wildman–Crippen LogP) is 4.51. The van der Waals surface area contributed by atoms with Gasteiger partial charge in [-0.2, -0.15) is 0 Å². The summed E-state index contributed by atoms with van der Waals surface area (Å²) in [5.41, 5.74) is 3.50. The molecule has 5 nitrogen and oxygen atoms in total. The Morgan fingerprint density at radius 1 is 1.04 bits per heavy atom. The van der Waals surface area contributed by atoms with E-state index in [4.69, 9.17) is 14.2 Å². The van der Waals surface area contributed by atoms with Crippen molar-refractivity contribution < 1.29 is 28.5 Å². The number of hydrogen-bond acceptors (Lipinski definition) is 4. The molecule has 1 aliphatic rings. The van der Waals surface area contributed by atoms with Crippen LogP contribution in [0.1, 0.15) is 23.6 Å². The van der Waals surface area contributed by atoms with Crippen LogP contribution in [0, 0.1) is 11.7 Å². The zero-order valence-corrected chi connectivity index (χ0v) is 16.1. The third-order valence-corrected chi connectivity index (χ3v) is 4.76. The van der Waals surface area contributed by atoms with Crippen LogP contribution in [0.4, 0.5) is 4.39 Å². The van der Waals surface area contributed by atoms with Crippen LogP contribution in [0.5, 0.6) is 17.2 Å². The van der Waals surface area contributed by atoms with E-state index in [1.165, 1.54) is 33.5 Å². The molecule has 1 aliphatic carbocycles. The first-order chi connectivity index (χ1) is 13.4. The molecule has 0 radical (unpaired) electrons. The van der Waals surface area contributed by atoms with Gasteiger partial charge in [0.1, 0.15) is 5.82 Å². The van der Waals surface area contributed by atoms with Crippen molar-refractivity contribution in [1.82, 2.24) is 0 Å². The first-order valence-electron chi connectivity index (χ1n) is 8.66. The molecule has 28 heavy (non-hydrogen) atoms. The fraction of sp³-hybridized carbons (Fsp3) is 0.227. The molecule has 0 fully saturated rings. The van der Waals surface area contributed by atoms with E-state index in [1.807, 2.05) is 6.08 Å². The van der Waals surface area contributed by atoms with Gasteiger partial charge in [-0.3, -0.25) is 4.79 Å². The Labute approximate surface area is 162 Å². The Balaban J connectivity index is 2.16. The standard InChI is InChI=1S/C22H21FO5/c1-12(22(24)25)17-10-14(16-6-5-15(23)11-18(16)17)7-13-8-19(26-2)21(28-4)20(9-13)27-3/h5-12H,1-4H3,(H,24,25)/b14-7+. The van der Waals surface area contributed by atoms with Crippen LogP contribution >= 0.6 is 0 Å². The maximum Gasteiger partial charge on any atom is 0.310 e. The van der Waals surface area contributed by atoms with E-state index >= 15 is 0 Å². The minimum absolute atomic E-state index is 0.406. The molecular weight excluding hydrogens is 363 g/mol. The maximum absolute atomic E-state index is 13.8. The predicted molar refractivity (Wildman–Crippen MR) is 105 cm³/mol. The van der Waals surface area contributed by atoms with Crippen LogP contribution in [0.15, 0.2) is 36.4 Å². The number of aliphatic carboxylic acids is 1. The quantitative estimate of drug-likeness (QED) is 0.794. The highest BCUT2D eigenvalue weighted by molar-refractivity contribution is 6.05. The Kier molecular flexibility index (Phi) is 5.40. The zero-order chi connectivity index (χ0) is 20.4. The number of hydrogen-bond donors (Lipinski definition) is 1. The molecule has 0 aliphatic heterocycles. The van der Waals surface area contributed by atoms with Gasteiger partial charge in [0.25, 0.3) is 0 Å². The number of halogens is 1. The number of rotatable bonds is 6. The van der Waals surface area contributed by atoms with E-state index in [9.17, 15) is 14.3 Å². The molecule has 0 aromatic heterocycles. The fourth-order valence-electron chi connectivity index (χ4n) is 3.31. The number of methoxy groups -OCH3 is 3. The van der Waals surface area contributed by atoms with Gasteiger partial charge in [0.15, 0.2) is 11.5 Å². The van der Waals surface area contributed by atoms with Crippen LogP contribution in [-0.2, 0) is 4.79 Å². The molecule has 2 aromatic rings. The summed E-state index contributed by atoms with van der Waals surface area (Å²) in [6, 6.07) is 7.99. The summed E-state index contributed by atoms with van der Waals surface area (Å²) in [4.78, 5) is 11.5. The minimum atomic E-state index is -0.963. The van der Waals surface area contributed by atoms with Crippen molar-refractivity contribution in [2.24, 2.45) is 5.92 Å². The molecule has 1 atom stereocenters. The molecule has 1 N–H and O–H groups in total.